The molecule has 3 N–H and O–H groups in total. The highest BCUT2D eigenvalue weighted by Gasteiger charge is 2.36. The third kappa shape index (κ3) is 3.93. The van der Waals surface area contributed by atoms with Crippen LogP contribution in [0.15, 0.2) is 0 Å². The summed E-state index contributed by atoms with van der Waals surface area (Å²) in [5, 5.41) is 21.3. The standard InChI is InChI=1S/C14H24N2O4/c1-14(20,9-17)8-15-12(18)11-3-2-6-16(7-11)13(19)10-4-5-10/h10-11,17,20H,2-9H2,1H3,(H,15,18). The van der Waals surface area contributed by atoms with Crippen molar-refractivity contribution in [2.24, 2.45) is 11.8 Å². The molecule has 0 spiro atoms. The maximum absolute atomic E-state index is 12.1. The number of carbonyl (C=O) groups excluding carboxylic acids is 2. The summed E-state index contributed by atoms with van der Waals surface area (Å²) in [4.78, 5) is 25.9. The van der Waals surface area contributed by atoms with Gasteiger partial charge in [-0.2, -0.15) is 0 Å². The predicted octanol–water partition coefficient (Wildman–Crippen LogP) is -0.505. The van der Waals surface area contributed by atoms with Crippen molar-refractivity contribution in [3.63, 3.8) is 0 Å². The van der Waals surface area contributed by atoms with E-state index < -0.39 is 12.2 Å². The summed E-state index contributed by atoms with van der Waals surface area (Å²) in [5.41, 5.74) is -1.30. The number of nitrogens with zero attached hydrogens (tertiary/aromatic N) is 1. The molecule has 1 heterocycles. The molecule has 2 fully saturated rings. The number of carbonyl (C=O) groups is 2. The Hall–Kier alpha value is -1.14. The summed E-state index contributed by atoms with van der Waals surface area (Å²) in [7, 11) is 0. The van der Waals surface area contributed by atoms with Crippen molar-refractivity contribution in [2.45, 2.75) is 38.2 Å². The van der Waals surface area contributed by atoms with E-state index in [4.69, 9.17) is 5.11 Å². The molecule has 0 aromatic heterocycles. The smallest absolute Gasteiger partial charge is 0.225 e. The molecule has 6 nitrogen and oxygen atoms in total. The van der Waals surface area contributed by atoms with E-state index in [0.717, 1.165) is 32.2 Å². The fourth-order valence-electron chi connectivity index (χ4n) is 2.46. The predicted molar refractivity (Wildman–Crippen MR) is 72.7 cm³/mol. The van der Waals surface area contributed by atoms with Crippen LogP contribution in [0.25, 0.3) is 0 Å². The lowest BCUT2D eigenvalue weighted by Crippen LogP contribution is -2.49. The van der Waals surface area contributed by atoms with E-state index in [0.29, 0.717) is 6.54 Å². The summed E-state index contributed by atoms with van der Waals surface area (Å²) in [5.74, 6) is 0.0183. The molecule has 1 saturated carbocycles. The number of rotatable bonds is 5. The molecule has 2 unspecified atom stereocenters. The number of hydrogen-bond acceptors (Lipinski definition) is 4. The van der Waals surface area contributed by atoms with Crippen molar-refractivity contribution in [1.82, 2.24) is 10.2 Å². The van der Waals surface area contributed by atoms with Crippen LogP contribution in [-0.4, -0.2) is 58.8 Å². The molecule has 0 aromatic rings. The lowest BCUT2D eigenvalue weighted by molar-refractivity contribution is -0.137. The largest absolute Gasteiger partial charge is 0.393 e. The first-order valence-electron chi connectivity index (χ1n) is 7.33. The van der Waals surface area contributed by atoms with Crippen LogP contribution in [0.1, 0.15) is 32.6 Å². The van der Waals surface area contributed by atoms with E-state index >= 15 is 0 Å². The monoisotopic (exact) mass is 284 g/mol. The van der Waals surface area contributed by atoms with Crippen molar-refractivity contribution >= 4 is 11.8 Å². The zero-order valence-electron chi connectivity index (χ0n) is 12.0. The number of aliphatic hydroxyl groups is 2. The molecule has 0 radical (unpaired) electrons. The molecule has 2 aliphatic rings. The van der Waals surface area contributed by atoms with Gasteiger partial charge < -0.3 is 20.4 Å². The highest BCUT2D eigenvalue weighted by atomic mass is 16.3. The summed E-state index contributed by atoms with van der Waals surface area (Å²) < 4.78 is 0. The number of hydrogen-bond donors (Lipinski definition) is 3. The molecule has 2 atom stereocenters. The van der Waals surface area contributed by atoms with Crippen LogP contribution in [0.3, 0.4) is 0 Å². The fraction of sp³-hybridized carbons (Fsp3) is 0.857. The lowest BCUT2D eigenvalue weighted by atomic mass is 9.96. The SMILES string of the molecule is CC(O)(CO)CNC(=O)C1CCCN(C(=O)C2CC2)C1. The molecular weight excluding hydrogens is 260 g/mol. The van der Waals surface area contributed by atoms with E-state index in [1.54, 1.807) is 4.90 Å². The number of nitrogens with one attached hydrogen (secondary N) is 1. The van der Waals surface area contributed by atoms with Crippen LogP contribution in [0.2, 0.25) is 0 Å². The van der Waals surface area contributed by atoms with Crippen molar-refractivity contribution in [2.75, 3.05) is 26.2 Å². The van der Waals surface area contributed by atoms with E-state index in [1.807, 2.05) is 0 Å². The molecule has 6 heteroatoms. The molecule has 20 heavy (non-hydrogen) atoms. The Morgan fingerprint density at radius 3 is 2.60 bits per heavy atom. The zero-order chi connectivity index (χ0) is 14.8. The minimum atomic E-state index is -1.30. The maximum atomic E-state index is 12.1. The second kappa shape index (κ2) is 6.10. The molecule has 1 aliphatic heterocycles. The minimum Gasteiger partial charge on any atom is -0.393 e. The van der Waals surface area contributed by atoms with Crippen LogP contribution < -0.4 is 5.32 Å². The quantitative estimate of drug-likeness (QED) is 0.634. The summed E-state index contributed by atoms with van der Waals surface area (Å²) >= 11 is 0. The molecule has 114 valence electrons. The van der Waals surface area contributed by atoms with E-state index in [1.165, 1.54) is 6.92 Å². The molecule has 2 rings (SSSR count). The third-order valence-corrected chi connectivity index (χ3v) is 4.01. The van der Waals surface area contributed by atoms with Gasteiger partial charge in [-0.25, -0.2) is 0 Å². The van der Waals surface area contributed by atoms with Crippen LogP contribution in [0.5, 0.6) is 0 Å². The first-order chi connectivity index (χ1) is 9.43. The van der Waals surface area contributed by atoms with Gasteiger partial charge in [0.25, 0.3) is 0 Å². The van der Waals surface area contributed by atoms with E-state index in [9.17, 15) is 14.7 Å². The van der Waals surface area contributed by atoms with Gasteiger partial charge in [0.15, 0.2) is 0 Å². The second-order valence-electron chi connectivity index (χ2n) is 6.27. The van der Waals surface area contributed by atoms with Gasteiger partial charge in [-0.05, 0) is 32.6 Å². The summed E-state index contributed by atoms with van der Waals surface area (Å²) in [6, 6.07) is 0. The number of piperidine rings is 1. The van der Waals surface area contributed by atoms with Gasteiger partial charge in [0, 0.05) is 25.6 Å². The second-order valence-corrected chi connectivity index (χ2v) is 6.27. The molecule has 0 bridgehead atoms. The van der Waals surface area contributed by atoms with Gasteiger partial charge in [0.05, 0.1) is 12.5 Å². The van der Waals surface area contributed by atoms with Crippen LogP contribution in [-0.2, 0) is 9.59 Å². The van der Waals surface area contributed by atoms with Crippen molar-refractivity contribution in [3.05, 3.63) is 0 Å². The number of likely N-dealkylation sites (tertiary alicyclic amines) is 1. The van der Waals surface area contributed by atoms with Gasteiger partial charge in [-0.15, -0.1) is 0 Å². The molecule has 2 amide bonds. The Labute approximate surface area is 119 Å². The Kier molecular flexibility index (Phi) is 4.65. The molecule has 0 aromatic carbocycles. The van der Waals surface area contributed by atoms with Crippen molar-refractivity contribution in [1.29, 1.82) is 0 Å². The number of aliphatic hydroxyl groups excluding tert-OH is 1. The summed E-state index contributed by atoms with van der Waals surface area (Å²) in [6.45, 7) is 2.31. The van der Waals surface area contributed by atoms with Crippen molar-refractivity contribution < 1.29 is 19.8 Å². The van der Waals surface area contributed by atoms with Gasteiger partial charge >= 0.3 is 0 Å². The first-order valence-corrected chi connectivity index (χ1v) is 7.33. The van der Waals surface area contributed by atoms with Crippen LogP contribution in [0, 0.1) is 11.8 Å². The van der Waals surface area contributed by atoms with E-state index in [2.05, 4.69) is 5.32 Å². The molecular formula is C14H24N2O4. The van der Waals surface area contributed by atoms with Crippen LogP contribution >= 0.6 is 0 Å². The molecule has 1 saturated heterocycles. The topological polar surface area (TPSA) is 89.9 Å². The third-order valence-electron chi connectivity index (χ3n) is 4.01. The normalized spacial score (nSPS) is 25.9. The Morgan fingerprint density at radius 1 is 1.30 bits per heavy atom. The summed E-state index contributed by atoms with van der Waals surface area (Å²) in [6.07, 6.45) is 3.56. The van der Waals surface area contributed by atoms with Gasteiger partial charge in [-0.1, -0.05) is 0 Å². The Balaban J connectivity index is 1.82. The minimum absolute atomic E-state index is 0.0232. The highest BCUT2D eigenvalue weighted by Crippen LogP contribution is 2.32. The average Bonchev–Trinajstić information content (AvgIpc) is 3.29. The fourth-order valence-corrected chi connectivity index (χ4v) is 2.46. The van der Waals surface area contributed by atoms with Gasteiger partial charge in [-0.3, -0.25) is 9.59 Å². The van der Waals surface area contributed by atoms with Crippen molar-refractivity contribution in [3.8, 4) is 0 Å². The average molecular weight is 284 g/mol. The van der Waals surface area contributed by atoms with Gasteiger partial charge in [0.1, 0.15) is 5.60 Å². The van der Waals surface area contributed by atoms with E-state index in [-0.39, 0.29) is 30.2 Å². The maximum Gasteiger partial charge on any atom is 0.225 e. The Bertz CT molecular complexity index is 379. The lowest BCUT2D eigenvalue weighted by Gasteiger charge is -2.32. The molecule has 1 aliphatic carbocycles. The Morgan fingerprint density at radius 2 is 2.00 bits per heavy atom. The highest BCUT2D eigenvalue weighted by molar-refractivity contribution is 5.83. The zero-order valence-corrected chi connectivity index (χ0v) is 12.0. The van der Waals surface area contributed by atoms with Crippen LogP contribution in [0.4, 0.5) is 0 Å². The van der Waals surface area contributed by atoms with Gasteiger partial charge in [0.2, 0.25) is 11.8 Å². The number of amides is 2. The first kappa shape index (κ1) is 15.3.